The highest BCUT2D eigenvalue weighted by Crippen LogP contribution is 2.27. The van der Waals surface area contributed by atoms with Gasteiger partial charge in [-0.25, -0.2) is 23.4 Å². The van der Waals surface area contributed by atoms with Gasteiger partial charge in [0.15, 0.2) is 10.9 Å². The van der Waals surface area contributed by atoms with Crippen LogP contribution in [0, 0.1) is 11.6 Å². The van der Waals surface area contributed by atoms with Crippen LogP contribution in [0.2, 0.25) is 10.0 Å². The molecule has 0 saturated heterocycles. The van der Waals surface area contributed by atoms with Crippen LogP contribution >= 0.6 is 35.0 Å². The van der Waals surface area contributed by atoms with E-state index in [1.165, 1.54) is 16.4 Å². The van der Waals surface area contributed by atoms with Crippen molar-refractivity contribution in [2.24, 2.45) is 0 Å². The van der Waals surface area contributed by atoms with E-state index < -0.39 is 17.5 Å². The second-order valence-corrected chi connectivity index (χ2v) is 8.14. The van der Waals surface area contributed by atoms with Crippen LogP contribution in [0.15, 0.2) is 60.0 Å². The molecule has 0 saturated carbocycles. The quantitative estimate of drug-likeness (QED) is 0.294. The Bertz CT molecular complexity index is 1270. The average molecular weight is 493 g/mol. The van der Waals surface area contributed by atoms with Gasteiger partial charge in [0.05, 0.1) is 17.1 Å². The standard InChI is InChI=1S/C20H12Cl2F2N6OS/c21-11-6-12(22)8-14(7-11)30-17(10-32-20-25-4-1-5-26-20)18(28-29-30)19(31)27-16-9-13(23)2-3-15(16)24/h1-9H,10H2,(H,27,31). The summed E-state index contributed by atoms with van der Waals surface area (Å²) in [5.41, 5.74) is 0.416. The first-order valence-corrected chi connectivity index (χ1v) is 10.7. The van der Waals surface area contributed by atoms with Gasteiger partial charge in [0.1, 0.15) is 11.6 Å². The number of nitrogens with one attached hydrogen (secondary N) is 1. The van der Waals surface area contributed by atoms with Crippen LogP contribution in [0.1, 0.15) is 16.2 Å². The summed E-state index contributed by atoms with van der Waals surface area (Å²) in [5.74, 6) is -2.06. The van der Waals surface area contributed by atoms with E-state index in [2.05, 4.69) is 25.6 Å². The third-order valence-corrected chi connectivity index (χ3v) is 5.45. The van der Waals surface area contributed by atoms with E-state index in [-0.39, 0.29) is 17.1 Å². The van der Waals surface area contributed by atoms with Crippen molar-refractivity contribution in [2.45, 2.75) is 10.9 Å². The number of hydrogen-bond donors (Lipinski definition) is 1. The third kappa shape index (κ3) is 5.04. The number of halogens is 4. The van der Waals surface area contributed by atoms with Crippen molar-refractivity contribution in [1.82, 2.24) is 25.0 Å². The van der Waals surface area contributed by atoms with Crippen molar-refractivity contribution < 1.29 is 13.6 Å². The largest absolute Gasteiger partial charge is 0.318 e. The molecule has 0 fully saturated rings. The zero-order valence-corrected chi connectivity index (χ0v) is 18.3. The normalized spacial score (nSPS) is 10.9. The molecular weight excluding hydrogens is 481 g/mol. The molecule has 1 N–H and O–H groups in total. The lowest BCUT2D eigenvalue weighted by atomic mass is 10.2. The molecule has 0 aliphatic carbocycles. The number of thioether (sulfide) groups is 1. The molecule has 2 aromatic heterocycles. The molecule has 0 aliphatic heterocycles. The van der Waals surface area contributed by atoms with Crippen molar-refractivity contribution in [1.29, 1.82) is 0 Å². The van der Waals surface area contributed by atoms with Gasteiger partial charge < -0.3 is 5.32 Å². The number of nitrogens with zero attached hydrogens (tertiary/aromatic N) is 5. The zero-order chi connectivity index (χ0) is 22.7. The number of rotatable bonds is 6. The molecule has 32 heavy (non-hydrogen) atoms. The molecule has 12 heteroatoms. The molecule has 0 atom stereocenters. The molecule has 0 aliphatic rings. The molecule has 4 aromatic rings. The minimum absolute atomic E-state index is 0.0896. The van der Waals surface area contributed by atoms with Crippen molar-refractivity contribution >= 4 is 46.6 Å². The van der Waals surface area contributed by atoms with E-state index in [4.69, 9.17) is 23.2 Å². The summed E-state index contributed by atoms with van der Waals surface area (Å²) in [7, 11) is 0. The summed E-state index contributed by atoms with van der Waals surface area (Å²) >= 11 is 13.4. The molecule has 162 valence electrons. The maximum atomic E-state index is 14.0. The highest BCUT2D eigenvalue weighted by atomic mass is 35.5. The van der Waals surface area contributed by atoms with E-state index >= 15 is 0 Å². The summed E-state index contributed by atoms with van der Waals surface area (Å²) in [6.07, 6.45) is 3.17. The first kappa shape index (κ1) is 22.1. The van der Waals surface area contributed by atoms with Crippen LogP contribution in [-0.2, 0) is 5.75 Å². The minimum Gasteiger partial charge on any atom is -0.318 e. The minimum atomic E-state index is -0.789. The van der Waals surface area contributed by atoms with Crippen molar-refractivity contribution in [2.75, 3.05) is 5.32 Å². The zero-order valence-electron chi connectivity index (χ0n) is 16.0. The van der Waals surface area contributed by atoms with Crippen molar-refractivity contribution in [3.63, 3.8) is 0 Å². The Kier molecular flexibility index (Phi) is 6.63. The SMILES string of the molecule is O=C(Nc1cc(F)ccc1F)c1nnn(-c2cc(Cl)cc(Cl)c2)c1CSc1ncccn1. The third-order valence-electron chi connectivity index (χ3n) is 4.13. The highest BCUT2D eigenvalue weighted by Gasteiger charge is 2.23. The van der Waals surface area contributed by atoms with E-state index in [0.717, 1.165) is 18.2 Å². The lowest BCUT2D eigenvalue weighted by Gasteiger charge is -2.09. The lowest BCUT2D eigenvalue weighted by molar-refractivity contribution is 0.102. The summed E-state index contributed by atoms with van der Waals surface area (Å²) < 4.78 is 28.9. The Morgan fingerprint density at radius 1 is 1.06 bits per heavy atom. The fourth-order valence-corrected chi connectivity index (χ4v) is 4.05. The maximum absolute atomic E-state index is 14.0. The predicted molar refractivity (Wildman–Crippen MR) is 117 cm³/mol. The van der Waals surface area contributed by atoms with Crippen LogP contribution in [0.4, 0.5) is 14.5 Å². The fourth-order valence-electron chi connectivity index (χ4n) is 2.74. The molecular formula is C20H12Cl2F2N6OS. The highest BCUT2D eigenvalue weighted by molar-refractivity contribution is 7.98. The Morgan fingerprint density at radius 2 is 1.78 bits per heavy atom. The molecule has 2 heterocycles. The Labute approximate surface area is 194 Å². The van der Waals surface area contributed by atoms with Gasteiger partial charge in [0, 0.05) is 34.3 Å². The Balaban J connectivity index is 1.71. The summed E-state index contributed by atoms with van der Waals surface area (Å²) in [4.78, 5) is 21.2. The number of anilines is 1. The van der Waals surface area contributed by atoms with Crippen LogP contribution in [0.5, 0.6) is 0 Å². The van der Waals surface area contributed by atoms with Gasteiger partial charge in [-0.1, -0.05) is 40.2 Å². The number of benzene rings is 2. The molecule has 0 unspecified atom stereocenters. The van der Waals surface area contributed by atoms with E-state index in [0.29, 0.717) is 26.6 Å². The van der Waals surface area contributed by atoms with E-state index in [1.807, 2.05) is 0 Å². The second-order valence-electron chi connectivity index (χ2n) is 6.32. The molecule has 4 rings (SSSR count). The number of carbonyl (C=O) groups excluding carboxylic acids is 1. The summed E-state index contributed by atoms with van der Waals surface area (Å²) in [6, 6.07) is 9.17. The van der Waals surface area contributed by atoms with E-state index in [9.17, 15) is 13.6 Å². The molecule has 1 amide bonds. The molecule has 0 radical (unpaired) electrons. The lowest BCUT2D eigenvalue weighted by Crippen LogP contribution is -2.16. The Morgan fingerprint density at radius 3 is 2.50 bits per heavy atom. The Hall–Kier alpha value is -3.08. The monoisotopic (exact) mass is 492 g/mol. The van der Waals surface area contributed by atoms with Gasteiger partial charge in [-0.3, -0.25) is 4.79 Å². The average Bonchev–Trinajstić information content (AvgIpc) is 3.19. The van der Waals surface area contributed by atoms with Crippen molar-refractivity contribution in [3.05, 3.63) is 87.9 Å². The van der Waals surface area contributed by atoms with Crippen LogP contribution in [0.25, 0.3) is 5.69 Å². The smallest absolute Gasteiger partial charge is 0.278 e. The van der Waals surface area contributed by atoms with E-state index in [1.54, 1.807) is 36.7 Å². The number of hydrogen-bond acceptors (Lipinski definition) is 6. The van der Waals surface area contributed by atoms with Crippen LogP contribution in [-0.4, -0.2) is 30.9 Å². The first-order valence-electron chi connectivity index (χ1n) is 8.98. The van der Waals surface area contributed by atoms with Gasteiger partial charge >= 0.3 is 0 Å². The topological polar surface area (TPSA) is 85.6 Å². The van der Waals surface area contributed by atoms with Gasteiger partial charge in [-0.2, -0.15) is 0 Å². The predicted octanol–water partition coefficient (Wildman–Crippen LogP) is 5.19. The van der Waals surface area contributed by atoms with Gasteiger partial charge in [-0.05, 0) is 36.4 Å². The van der Waals surface area contributed by atoms with Gasteiger partial charge in [0.2, 0.25) is 0 Å². The molecule has 0 bridgehead atoms. The number of aromatic nitrogens is 5. The first-order chi connectivity index (χ1) is 15.4. The van der Waals surface area contributed by atoms with Gasteiger partial charge in [-0.15, -0.1) is 5.10 Å². The fraction of sp³-hybridized carbons (Fsp3) is 0.0500. The maximum Gasteiger partial charge on any atom is 0.278 e. The number of amides is 1. The summed E-state index contributed by atoms with van der Waals surface area (Å²) in [5, 5.41) is 11.5. The molecule has 7 nitrogen and oxygen atoms in total. The second kappa shape index (κ2) is 9.60. The van der Waals surface area contributed by atoms with Crippen molar-refractivity contribution in [3.8, 4) is 5.69 Å². The number of carbonyl (C=O) groups is 1. The summed E-state index contributed by atoms with van der Waals surface area (Å²) in [6.45, 7) is 0. The van der Waals surface area contributed by atoms with Crippen LogP contribution < -0.4 is 5.32 Å². The molecule has 0 spiro atoms. The molecule has 2 aromatic carbocycles. The van der Waals surface area contributed by atoms with Crippen LogP contribution in [0.3, 0.4) is 0 Å². The van der Waals surface area contributed by atoms with Gasteiger partial charge in [0.25, 0.3) is 5.91 Å².